The molecule has 3 aromatic rings. The summed E-state index contributed by atoms with van der Waals surface area (Å²) >= 11 is 0. The highest BCUT2D eigenvalue weighted by Gasteiger charge is 2.22. The fraction of sp³-hybridized carbons (Fsp3) is 0.267. The van der Waals surface area contributed by atoms with Gasteiger partial charge in [0.15, 0.2) is 0 Å². The van der Waals surface area contributed by atoms with Crippen LogP contribution in [0.15, 0.2) is 49.3 Å². The third kappa shape index (κ3) is 2.23. The Bertz CT molecular complexity index is 711. The summed E-state index contributed by atoms with van der Waals surface area (Å²) in [5.41, 5.74) is 2.08. The summed E-state index contributed by atoms with van der Waals surface area (Å²) in [5, 5.41) is 4.13. The lowest BCUT2D eigenvalue weighted by Gasteiger charge is -2.12. The van der Waals surface area contributed by atoms with Gasteiger partial charge in [-0.2, -0.15) is 5.10 Å². The van der Waals surface area contributed by atoms with E-state index in [1.54, 1.807) is 11.0 Å². The van der Waals surface area contributed by atoms with E-state index in [9.17, 15) is 0 Å². The van der Waals surface area contributed by atoms with E-state index in [0.29, 0.717) is 5.92 Å². The molecular formula is C15H15N5O. The van der Waals surface area contributed by atoms with E-state index in [-0.39, 0.29) is 0 Å². The van der Waals surface area contributed by atoms with Gasteiger partial charge in [0.1, 0.15) is 18.5 Å². The fourth-order valence-corrected chi connectivity index (χ4v) is 2.68. The first-order valence-corrected chi connectivity index (χ1v) is 6.98. The standard InChI is InChI=1S/C15H15N5O/c1-3-14(20-11-16-10-18-20)4-2-13(1)19-7-6-17-15(19)12-5-8-21-9-12/h1-4,6-7,10-12H,5,8-9H2. The summed E-state index contributed by atoms with van der Waals surface area (Å²) in [6, 6.07) is 8.19. The SMILES string of the molecule is c1cn(-c2ccc(-n3cncn3)cc2)c(C2CCOC2)n1. The average Bonchev–Trinajstić information content (AvgIpc) is 3.27. The molecule has 0 N–H and O–H groups in total. The molecule has 4 rings (SSSR count). The monoisotopic (exact) mass is 281 g/mol. The molecule has 6 heteroatoms. The Labute approximate surface area is 122 Å². The number of hydrogen-bond donors (Lipinski definition) is 0. The molecule has 1 fully saturated rings. The first-order chi connectivity index (χ1) is 10.4. The van der Waals surface area contributed by atoms with E-state index in [2.05, 4.69) is 31.8 Å². The van der Waals surface area contributed by atoms with Gasteiger partial charge in [-0.1, -0.05) is 0 Å². The molecule has 3 heterocycles. The highest BCUT2D eigenvalue weighted by atomic mass is 16.5. The largest absolute Gasteiger partial charge is 0.381 e. The van der Waals surface area contributed by atoms with Crippen LogP contribution < -0.4 is 0 Å². The minimum atomic E-state index is 0.384. The smallest absolute Gasteiger partial charge is 0.138 e. The number of imidazole rings is 1. The van der Waals surface area contributed by atoms with Gasteiger partial charge in [0, 0.05) is 30.6 Å². The molecule has 0 radical (unpaired) electrons. The van der Waals surface area contributed by atoms with Gasteiger partial charge in [-0.15, -0.1) is 0 Å². The van der Waals surface area contributed by atoms with Gasteiger partial charge in [0.05, 0.1) is 12.3 Å². The third-order valence-electron chi connectivity index (χ3n) is 3.78. The second-order valence-electron chi connectivity index (χ2n) is 5.07. The molecule has 0 aliphatic carbocycles. The van der Waals surface area contributed by atoms with Crippen LogP contribution in [0.4, 0.5) is 0 Å². The van der Waals surface area contributed by atoms with Crippen LogP contribution in [0.1, 0.15) is 18.2 Å². The van der Waals surface area contributed by atoms with Crippen molar-refractivity contribution in [3.8, 4) is 11.4 Å². The lowest BCUT2D eigenvalue weighted by atomic mass is 10.1. The van der Waals surface area contributed by atoms with Crippen molar-refractivity contribution < 1.29 is 4.74 Å². The Balaban J connectivity index is 1.66. The van der Waals surface area contributed by atoms with Crippen molar-refractivity contribution in [2.24, 2.45) is 0 Å². The Morgan fingerprint density at radius 1 is 1.14 bits per heavy atom. The number of rotatable bonds is 3. The summed E-state index contributed by atoms with van der Waals surface area (Å²) in [4.78, 5) is 8.46. The Morgan fingerprint density at radius 2 is 2.00 bits per heavy atom. The quantitative estimate of drug-likeness (QED) is 0.736. The molecular weight excluding hydrogens is 266 g/mol. The molecule has 0 bridgehead atoms. The zero-order valence-corrected chi connectivity index (χ0v) is 11.5. The van der Waals surface area contributed by atoms with E-state index in [0.717, 1.165) is 36.8 Å². The van der Waals surface area contributed by atoms with Crippen LogP contribution in [-0.2, 0) is 4.74 Å². The van der Waals surface area contributed by atoms with Crippen molar-refractivity contribution >= 4 is 0 Å². The molecule has 1 aliphatic rings. The van der Waals surface area contributed by atoms with Gasteiger partial charge in [-0.25, -0.2) is 14.6 Å². The van der Waals surface area contributed by atoms with Gasteiger partial charge < -0.3 is 9.30 Å². The number of hydrogen-bond acceptors (Lipinski definition) is 4. The zero-order valence-electron chi connectivity index (χ0n) is 11.5. The van der Waals surface area contributed by atoms with Crippen molar-refractivity contribution in [3.05, 3.63) is 55.1 Å². The minimum absolute atomic E-state index is 0.384. The van der Waals surface area contributed by atoms with E-state index in [1.807, 2.05) is 24.5 Å². The van der Waals surface area contributed by atoms with Crippen LogP contribution >= 0.6 is 0 Å². The highest BCUT2D eigenvalue weighted by molar-refractivity contribution is 5.41. The van der Waals surface area contributed by atoms with Crippen LogP contribution in [0.3, 0.4) is 0 Å². The first kappa shape index (κ1) is 12.3. The second-order valence-corrected chi connectivity index (χ2v) is 5.07. The van der Waals surface area contributed by atoms with Crippen molar-refractivity contribution in [1.29, 1.82) is 0 Å². The summed E-state index contributed by atoms with van der Waals surface area (Å²) in [6.45, 7) is 1.58. The molecule has 0 saturated carbocycles. The Morgan fingerprint density at radius 3 is 2.71 bits per heavy atom. The Hall–Kier alpha value is -2.47. The van der Waals surface area contributed by atoms with E-state index >= 15 is 0 Å². The molecule has 1 atom stereocenters. The lowest BCUT2D eigenvalue weighted by Crippen LogP contribution is -2.07. The summed E-state index contributed by atoms with van der Waals surface area (Å²) < 4.78 is 9.34. The molecule has 1 unspecified atom stereocenters. The number of benzene rings is 1. The van der Waals surface area contributed by atoms with Crippen molar-refractivity contribution in [2.45, 2.75) is 12.3 Å². The molecule has 21 heavy (non-hydrogen) atoms. The lowest BCUT2D eigenvalue weighted by molar-refractivity contribution is 0.193. The van der Waals surface area contributed by atoms with Crippen molar-refractivity contribution in [2.75, 3.05) is 13.2 Å². The normalized spacial score (nSPS) is 18.2. The number of aromatic nitrogens is 5. The van der Waals surface area contributed by atoms with Gasteiger partial charge >= 0.3 is 0 Å². The summed E-state index contributed by atoms with van der Waals surface area (Å²) in [7, 11) is 0. The molecule has 1 saturated heterocycles. The third-order valence-corrected chi connectivity index (χ3v) is 3.78. The predicted octanol–water partition coefficient (Wildman–Crippen LogP) is 1.96. The van der Waals surface area contributed by atoms with Crippen LogP contribution in [0.5, 0.6) is 0 Å². The maximum Gasteiger partial charge on any atom is 0.138 e. The van der Waals surface area contributed by atoms with Crippen molar-refractivity contribution in [3.63, 3.8) is 0 Å². The zero-order chi connectivity index (χ0) is 14.1. The minimum Gasteiger partial charge on any atom is -0.381 e. The molecule has 1 aromatic carbocycles. The van der Waals surface area contributed by atoms with E-state index in [4.69, 9.17) is 4.74 Å². The van der Waals surface area contributed by atoms with Gasteiger partial charge in [0.25, 0.3) is 0 Å². The topological polar surface area (TPSA) is 57.8 Å². The van der Waals surface area contributed by atoms with Crippen LogP contribution in [0.2, 0.25) is 0 Å². The molecule has 0 spiro atoms. The van der Waals surface area contributed by atoms with Gasteiger partial charge in [-0.05, 0) is 30.7 Å². The molecule has 6 nitrogen and oxygen atoms in total. The van der Waals surface area contributed by atoms with Crippen LogP contribution in [0, 0.1) is 0 Å². The summed E-state index contributed by atoms with van der Waals surface area (Å²) in [5.74, 6) is 1.45. The fourth-order valence-electron chi connectivity index (χ4n) is 2.68. The van der Waals surface area contributed by atoms with Crippen molar-refractivity contribution in [1.82, 2.24) is 24.3 Å². The number of ether oxygens (including phenoxy) is 1. The molecule has 2 aromatic heterocycles. The first-order valence-electron chi connectivity index (χ1n) is 6.98. The summed E-state index contributed by atoms with van der Waals surface area (Å²) in [6.07, 6.45) is 8.10. The van der Waals surface area contributed by atoms with Crippen LogP contribution in [0.25, 0.3) is 11.4 Å². The second kappa shape index (κ2) is 5.14. The predicted molar refractivity (Wildman–Crippen MR) is 76.7 cm³/mol. The average molecular weight is 281 g/mol. The van der Waals surface area contributed by atoms with E-state index < -0.39 is 0 Å². The molecule has 106 valence electrons. The molecule has 1 aliphatic heterocycles. The maximum atomic E-state index is 5.47. The van der Waals surface area contributed by atoms with Gasteiger partial charge in [0.2, 0.25) is 0 Å². The molecule has 0 amide bonds. The Kier molecular flexibility index (Phi) is 3.01. The van der Waals surface area contributed by atoms with E-state index in [1.165, 1.54) is 6.33 Å². The maximum absolute atomic E-state index is 5.47. The van der Waals surface area contributed by atoms with Gasteiger partial charge in [-0.3, -0.25) is 0 Å². The van der Waals surface area contributed by atoms with Crippen LogP contribution in [-0.4, -0.2) is 37.5 Å². The number of nitrogens with zero attached hydrogens (tertiary/aromatic N) is 5. The highest BCUT2D eigenvalue weighted by Crippen LogP contribution is 2.26.